The van der Waals surface area contributed by atoms with Gasteiger partial charge >= 0.3 is 12.1 Å². The first-order valence-electron chi connectivity index (χ1n) is 6.55. The third kappa shape index (κ3) is 3.63. The largest absolute Gasteiger partial charge is 0.481 e. The number of carbonyl (C=O) groups is 1. The van der Waals surface area contributed by atoms with Crippen LogP contribution in [-0.4, -0.2) is 39.7 Å². The number of aromatic nitrogens is 2. The average molecular weight is 323 g/mol. The van der Waals surface area contributed by atoms with Crippen LogP contribution in [0.4, 0.5) is 18.3 Å². The summed E-state index contributed by atoms with van der Waals surface area (Å²) in [4.78, 5) is 16.6. The van der Waals surface area contributed by atoms with Crippen LogP contribution >= 0.6 is 11.5 Å². The number of nitrogens with zero attached hydrogens (tertiary/aromatic N) is 3. The van der Waals surface area contributed by atoms with Crippen LogP contribution in [0.15, 0.2) is 0 Å². The van der Waals surface area contributed by atoms with Crippen LogP contribution in [0.3, 0.4) is 0 Å². The zero-order valence-electron chi connectivity index (χ0n) is 11.6. The Morgan fingerprint density at radius 3 is 2.62 bits per heavy atom. The van der Waals surface area contributed by atoms with Crippen molar-refractivity contribution >= 4 is 22.6 Å². The quantitative estimate of drug-likeness (QED) is 0.922. The fourth-order valence-corrected chi connectivity index (χ4v) is 3.08. The Morgan fingerprint density at radius 1 is 1.48 bits per heavy atom. The molecular formula is C12H16F3N3O2S. The Morgan fingerprint density at radius 2 is 2.14 bits per heavy atom. The average Bonchev–Trinajstić information content (AvgIpc) is 2.92. The van der Waals surface area contributed by atoms with Crippen LogP contribution in [0, 0.1) is 17.8 Å². The summed E-state index contributed by atoms with van der Waals surface area (Å²) in [6.45, 7) is 3.43. The number of alkyl halides is 3. The molecule has 21 heavy (non-hydrogen) atoms. The molecule has 2 atom stereocenters. The molecule has 0 bridgehead atoms. The summed E-state index contributed by atoms with van der Waals surface area (Å²) in [5, 5.41) is 9.34. The van der Waals surface area contributed by atoms with E-state index in [0.29, 0.717) is 23.3 Å². The van der Waals surface area contributed by atoms with E-state index in [2.05, 4.69) is 9.36 Å². The second-order valence-electron chi connectivity index (χ2n) is 5.59. The standard InChI is InChI=1S/C12H16F3N3O2S/c1-6(2)3-9-16-11(21-17-9)18-4-7(10(19)20)8(5-18)12(13,14)15/h6-8H,3-5H2,1-2H3,(H,19,20)/t7-,8-/m1/s1. The highest BCUT2D eigenvalue weighted by atomic mass is 32.1. The van der Waals surface area contributed by atoms with Gasteiger partial charge in [-0.3, -0.25) is 4.79 Å². The van der Waals surface area contributed by atoms with Gasteiger partial charge in [-0.25, -0.2) is 4.98 Å². The van der Waals surface area contributed by atoms with E-state index in [-0.39, 0.29) is 13.1 Å². The molecule has 2 heterocycles. The predicted octanol–water partition coefficient (Wildman–Crippen LogP) is 2.44. The number of hydrogen-bond acceptors (Lipinski definition) is 5. The number of anilines is 1. The van der Waals surface area contributed by atoms with Gasteiger partial charge in [0, 0.05) is 31.0 Å². The number of carboxylic acids is 1. The Balaban J connectivity index is 2.15. The maximum absolute atomic E-state index is 12.9. The Hall–Kier alpha value is -1.38. The van der Waals surface area contributed by atoms with E-state index in [4.69, 9.17) is 5.11 Å². The topological polar surface area (TPSA) is 66.3 Å². The molecule has 1 N–H and O–H groups in total. The molecule has 1 aromatic rings. The minimum absolute atomic E-state index is 0.185. The summed E-state index contributed by atoms with van der Waals surface area (Å²) in [6, 6.07) is 0. The molecule has 1 aliphatic rings. The monoisotopic (exact) mass is 323 g/mol. The number of aliphatic carboxylic acids is 1. The number of halogens is 3. The van der Waals surface area contributed by atoms with Crippen molar-refractivity contribution in [2.45, 2.75) is 26.4 Å². The minimum atomic E-state index is -4.52. The van der Waals surface area contributed by atoms with Crippen molar-refractivity contribution in [1.29, 1.82) is 0 Å². The van der Waals surface area contributed by atoms with Crippen molar-refractivity contribution in [1.82, 2.24) is 9.36 Å². The molecule has 5 nitrogen and oxygen atoms in total. The number of carboxylic acid groups (broad SMARTS) is 1. The zero-order chi connectivity index (χ0) is 15.8. The highest BCUT2D eigenvalue weighted by Gasteiger charge is 2.53. The lowest BCUT2D eigenvalue weighted by molar-refractivity contribution is -0.187. The third-order valence-corrected chi connectivity index (χ3v) is 4.19. The molecule has 0 aromatic carbocycles. The van der Waals surface area contributed by atoms with Crippen LogP contribution in [0.2, 0.25) is 0 Å². The number of rotatable bonds is 4. The van der Waals surface area contributed by atoms with Crippen molar-refractivity contribution in [2.24, 2.45) is 17.8 Å². The van der Waals surface area contributed by atoms with Gasteiger partial charge in [-0.1, -0.05) is 13.8 Å². The predicted molar refractivity (Wildman–Crippen MR) is 71.3 cm³/mol. The molecular weight excluding hydrogens is 307 g/mol. The molecule has 0 amide bonds. The zero-order valence-corrected chi connectivity index (χ0v) is 12.4. The summed E-state index contributed by atoms with van der Waals surface area (Å²) in [6.07, 6.45) is -3.88. The summed E-state index contributed by atoms with van der Waals surface area (Å²) >= 11 is 1.02. The summed E-state index contributed by atoms with van der Waals surface area (Å²) < 4.78 is 42.9. The molecule has 1 saturated heterocycles. The van der Waals surface area contributed by atoms with Crippen molar-refractivity contribution < 1.29 is 23.1 Å². The fraction of sp³-hybridized carbons (Fsp3) is 0.750. The number of hydrogen-bond donors (Lipinski definition) is 1. The smallest absolute Gasteiger partial charge is 0.394 e. The van der Waals surface area contributed by atoms with E-state index in [1.807, 2.05) is 13.8 Å². The normalized spacial score (nSPS) is 23.0. The molecule has 1 aromatic heterocycles. The van der Waals surface area contributed by atoms with Crippen LogP contribution in [0.1, 0.15) is 19.7 Å². The van der Waals surface area contributed by atoms with E-state index in [1.165, 1.54) is 4.90 Å². The first kappa shape index (κ1) is 16.0. The fourth-order valence-electron chi connectivity index (χ4n) is 2.36. The third-order valence-electron chi connectivity index (χ3n) is 3.38. The molecule has 0 saturated carbocycles. The van der Waals surface area contributed by atoms with E-state index >= 15 is 0 Å². The van der Waals surface area contributed by atoms with E-state index in [1.54, 1.807) is 0 Å². The molecule has 0 unspecified atom stereocenters. The maximum Gasteiger partial charge on any atom is 0.394 e. The van der Waals surface area contributed by atoms with Gasteiger partial charge in [-0.15, -0.1) is 0 Å². The van der Waals surface area contributed by atoms with E-state index in [0.717, 1.165) is 11.5 Å². The molecule has 0 radical (unpaired) electrons. The van der Waals surface area contributed by atoms with Gasteiger partial charge in [0.2, 0.25) is 5.13 Å². The highest BCUT2D eigenvalue weighted by molar-refractivity contribution is 7.09. The second kappa shape index (κ2) is 5.78. The molecule has 0 spiro atoms. The summed E-state index contributed by atoms with van der Waals surface area (Å²) in [7, 11) is 0. The van der Waals surface area contributed by atoms with Gasteiger partial charge in [0.15, 0.2) is 0 Å². The lowest BCUT2D eigenvalue weighted by atomic mass is 9.96. The molecule has 0 aliphatic carbocycles. The highest BCUT2D eigenvalue weighted by Crippen LogP contribution is 2.39. The second-order valence-corrected chi connectivity index (χ2v) is 6.32. The molecule has 1 fully saturated rings. The van der Waals surface area contributed by atoms with Gasteiger partial charge in [-0.05, 0) is 5.92 Å². The van der Waals surface area contributed by atoms with E-state index in [9.17, 15) is 18.0 Å². The molecule has 9 heteroatoms. The van der Waals surface area contributed by atoms with Crippen LogP contribution in [0.5, 0.6) is 0 Å². The van der Waals surface area contributed by atoms with Gasteiger partial charge in [0.25, 0.3) is 0 Å². The first-order valence-corrected chi connectivity index (χ1v) is 7.33. The van der Waals surface area contributed by atoms with Gasteiger partial charge in [0.1, 0.15) is 5.82 Å². The minimum Gasteiger partial charge on any atom is -0.481 e. The Labute approximate surface area is 124 Å². The maximum atomic E-state index is 12.9. The van der Waals surface area contributed by atoms with Gasteiger partial charge in [0.05, 0.1) is 11.8 Å². The van der Waals surface area contributed by atoms with Gasteiger partial charge < -0.3 is 10.0 Å². The van der Waals surface area contributed by atoms with Crippen LogP contribution in [0.25, 0.3) is 0 Å². The lowest BCUT2D eigenvalue weighted by Gasteiger charge is -2.17. The molecule has 1 aliphatic heterocycles. The first-order chi connectivity index (χ1) is 9.68. The summed E-state index contributed by atoms with van der Waals surface area (Å²) in [5.74, 6) is -3.81. The SMILES string of the molecule is CC(C)Cc1nsc(N2C[C@@H](C(F)(F)F)[C@H](C(=O)O)C2)n1. The van der Waals surface area contributed by atoms with Crippen molar-refractivity contribution in [3.05, 3.63) is 5.82 Å². The van der Waals surface area contributed by atoms with E-state index < -0.39 is 24.0 Å². The van der Waals surface area contributed by atoms with Crippen LogP contribution < -0.4 is 4.90 Å². The summed E-state index contributed by atoms with van der Waals surface area (Å²) in [5.41, 5.74) is 0. The lowest BCUT2D eigenvalue weighted by Crippen LogP contribution is -2.33. The Kier molecular flexibility index (Phi) is 4.40. The van der Waals surface area contributed by atoms with Crippen molar-refractivity contribution in [2.75, 3.05) is 18.0 Å². The Bertz CT molecular complexity index is 518. The van der Waals surface area contributed by atoms with Crippen molar-refractivity contribution in [3.63, 3.8) is 0 Å². The molecule has 2 rings (SSSR count). The van der Waals surface area contributed by atoms with Crippen LogP contribution in [-0.2, 0) is 11.2 Å². The molecule has 118 valence electrons. The van der Waals surface area contributed by atoms with Crippen molar-refractivity contribution in [3.8, 4) is 0 Å². The van der Waals surface area contributed by atoms with Gasteiger partial charge in [-0.2, -0.15) is 17.5 Å².